The van der Waals surface area contributed by atoms with Crippen molar-refractivity contribution in [2.24, 2.45) is 0 Å². The molecule has 0 aliphatic heterocycles. The Hall–Kier alpha value is -1.95. The molecule has 0 radical (unpaired) electrons. The minimum absolute atomic E-state index is 0.0652. The first kappa shape index (κ1) is 14.1. The van der Waals surface area contributed by atoms with Crippen LogP contribution >= 0.6 is 0 Å². The number of hydrogen-bond donors (Lipinski definition) is 0. The summed E-state index contributed by atoms with van der Waals surface area (Å²) in [5, 5.41) is 0. The first-order chi connectivity index (χ1) is 8.63. The Morgan fingerprint density at radius 3 is 2.44 bits per heavy atom. The summed E-state index contributed by atoms with van der Waals surface area (Å²) in [6.07, 6.45) is 1.47. The van der Waals surface area contributed by atoms with Crippen molar-refractivity contribution in [3.05, 3.63) is 29.1 Å². The lowest BCUT2D eigenvalue weighted by Gasteiger charge is -2.08. The van der Waals surface area contributed by atoms with Gasteiger partial charge in [-0.2, -0.15) is 0 Å². The standard InChI is InChI=1S/C12H15NO5/c1-4-18-7-8-5-9(11(14)16-2)10(13-6-8)12(15)17-3/h5-6H,4,7H2,1-3H3. The quantitative estimate of drug-likeness (QED) is 0.734. The molecule has 0 bridgehead atoms. The average molecular weight is 253 g/mol. The Morgan fingerprint density at radius 2 is 1.89 bits per heavy atom. The van der Waals surface area contributed by atoms with Gasteiger partial charge in [0.1, 0.15) is 0 Å². The van der Waals surface area contributed by atoms with E-state index < -0.39 is 11.9 Å². The summed E-state index contributed by atoms with van der Waals surface area (Å²) < 4.78 is 14.4. The minimum Gasteiger partial charge on any atom is -0.465 e. The molecule has 0 aliphatic rings. The predicted octanol–water partition coefficient (Wildman–Crippen LogP) is 1.19. The van der Waals surface area contributed by atoms with Crippen LogP contribution in [0.25, 0.3) is 0 Å². The summed E-state index contributed by atoms with van der Waals surface area (Å²) in [5.41, 5.74) is 0.691. The third kappa shape index (κ3) is 3.27. The zero-order valence-corrected chi connectivity index (χ0v) is 10.6. The molecule has 1 aromatic rings. The van der Waals surface area contributed by atoms with Gasteiger partial charge >= 0.3 is 11.9 Å². The number of aromatic nitrogens is 1. The SMILES string of the molecule is CCOCc1cnc(C(=O)OC)c(C(=O)OC)c1. The molecule has 0 amide bonds. The Balaban J connectivity index is 3.12. The second-order valence-electron chi connectivity index (χ2n) is 3.36. The second kappa shape index (κ2) is 6.70. The summed E-state index contributed by atoms with van der Waals surface area (Å²) in [4.78, 5) is 26.9. The molecule has 0 fully saturated rings. The number of pyridine rings is 1. The van der Waals surface area contributed by atoms with Gasteiger partial charge in [-0.05, 0) is 18.6 Å². The zero-order valence-electron chi connectivity index (χ0n) is 10.6. The number of nitrogens with zero attached hydrogens (tertiary/aromatic N) is 1. The summed E-state index contributed by atoms with van der Waals surface area (Å²) in [5.74, 6) is -1.32. The molecule has 0 saturated heterocycles. The van der Waals surface area contributed by atoms with E-state index in [1.807, 2.05) is 6.92 Å². The lowest BCUT2D eigenvalue weighted by molar-refractivity contribution is 0.0549. The van der Waals surface area contributed by atoms with Gasteiger partial charge < -0.3 is 14.2 Å². The van der Waals surface area contributed by atoms with E-state index in [-0.39, 0.29) is 11.3 Å². The lowest BCUT2D eigenvalue weighted by atomic mass is 10.1. The van der Waals surface area contributed by atoms with Crippen LogP contribution in [0, 0.1) is 0 Å². The first-order valence-corrected chi connectivity index (χ1v) is 5.37. The molecule has 0 unspecified atom stereocenters. The molecular formula is C12H15NO5. The fraction of sp³-hybridized carbons (Fsp3) is 0.417. The molecule has 0 saturated carbocycles. The van der Waals surface area contributed by atoms with Crippen LogP contribution in [0.1, 0.15) is 33.3 Å². The van der Waals surface area contributed by atoms with Crippen molar-refractivity contribution in [3.8, 4) is 0 Å². The highest BCUT2D eigenvalue weighted by Crippen LogP contribution is 2.12. The van der Waals surface area contributed by atoms with Crippen LogP contribution in [0.3, 0.4) is 0 Å². The van der Waals surface area contributed by atoms with Crippen LogP contribution in [0.2, 0.25) is 0 Å². The Kier molecular flexibility index (Phi) is 5.26. The summed E-state index contributed by atoms with van der Waals surface area (Å²) in [6.45, 7) is 2.72. The molecular weight excluding hydrogens is 238 g/mol. The van der Waals surface area contributed by atoms with Crippen molar-refractivity contribution >= 4 is 11.9 Å². The highest BCUT2D eigenvalue weighted by molar-refractivity contribution is 6.01. The Labute approximate surface area is 105 Å². The van der Waals surface area contributed by atoms with Crippen molar-refractivity contribution in [3.63, 3.8) is 0 Å². The van der Waals surface area contributed by atoms with Gasteiger partial charge in [0.25, 0.3) is 0 Å². The number of ether oxygens (including phenoxy) is 3. The van der Waals surface area contributed by atoms with Crippen molar-refractivity contribution in [2.75, 3.05) is 20.8 Å². The molecule has 0 aromatic carbocycles. The average Bonchev–Trinajstić information content (AvgIpc) is 2.43. The Morgan fingerprint density at radius 1 is 1.22 bits per heavy atom. The summed E-state index contributed by atoms with van der Waals surface area (Å²) >= 11 is 0. The van der Waals surface area contributed by atoms with E-state index in [1.54, 1.807) is 0 Å². The number of methoxy groups -OCH3 is 2. The lowest BCUT2D eigenvalue weighted by Crippen LogP contribution is -2.14. The van der Waals surface area contributed by atoms with Gasteiger partial charge in [0.2, 0.25) is 0 Å². The molecule has 18 heavy (non-hydrogen) atoms. The van der Waals surface area contributed by atoms with Crippen LogP contribution < -0.4 is 0 Å². The van der Waals surface area contributed by atoms with E-state index in [1.165, 1.54) is 26.5 Å². The smallest absolute Gasteiger partial charge is 0.357 e. The monoisotopic (exact) mass is 253 g/mol. The van der Waals surface area contributed by atoms with E-state index in [4.69, 9.17) is 4.74 Å². The number of carbonyl (C=O) groups excluding carboxylic acids is 2. The van der Waals surface area contributed by atoms with E-state index in [9.17, 15) is 9.59 Å². The molecule has 0 N–H and O–H groups in total. The van der Waals surface area contributed by atoms with Gasteiger partial charge in [-0.25, -0.2) is 14.6 Å². The molecule has 1 aromatic heterocycles. The van der Waals surface area contributed by atoms with E-state index in [0.717, 1.165) is 0 Å². The number of carbonyl (C=O) groups is 2. The van der Waals surface area contributed by atoms with Crippen molar-refractivity contribution in [1.82, 2.24) is 4.98 Å². The number of esters is 2. The van der Waals surface area contributed by atoms with Crippen LogP contribution in [0.5, 0.6) is 0 Å². The van der Waals surface area contributed by atoms with Crippen LogP contribution in [0.4, 0.5) is 0 Å². The molecule has 0 spiro atoms. The molecule has 1 heterocycles. The maximum Gasteiger partial charge on any atom is 0.357 e. The normalized spacial score (nSPS) is 9.94. The third-order valence-corrected chi connectivity index (χ3v) is 2.20. The minimum atomic E-state index is -0.682. The van der Waals surface area contributed by atoms with Gasteiger partial charge in [0, 0.05) is 12.8 Å². The van der Waals surface area contributed by atoms with Gasteiger partial charge in [0.15, 0.2) is 5.69 Å². The molecule has 0 aliphatic carbocycles. The van der Waals surface area contributed by atoms with E-state index in [2.05, 4.69) is 14.5 Å². The zero-order chi connectivity index (χ0) is 13.5. The highest BCUT2D eigenvalue weighted by atomic mass is 16.5. The van der Waals surface area contributed by atoms with Crippen molar-refractivity contribution in [1.29, 1.82) is 0 Å². The van der Waals surface area contributed by atoms with Gasteiger partial charge in [-0.3, -0.25) is 0 Å². The maximum atomic E-state index is 11.6. The van der Waals surface area contributed by atoms with Crippen molar-refractivity contribution < 1.29 is 23.8 Å². The van der Waals surface area contributed by atoms with Gasteiger partial charge in [-0.1, -0.05) is 0 Å². The van der Waals surface area contributed by atoms with Crippen LogP contribution in [-0.4, -0.2) is 37.7 Å². The number of hydrogen-bond acceptors (Lipinski definition) is 6. The molecule has 1 rings (SSSR count). The topological polar surface area (TPSA) is 74.7 Å². The number of rotatable bonds is 5. The first-order valence-electron chi connectivity index (χ1n) is 5.37. The fourth-order valence-electron chi connectivity index (χ4n) is 1.33. The molecule has 0 atom stereocenters. The highest BCUT2D eigenvalue weighted by Gasteiger charge is 2.20. The summed E-state index contributed by atoms with van der Waals surface area (Å²) in [6, 6.07) is 1.51. The van der Waals surface area contributed by atoms with E-state index >= 15 is 0 Å². The molecule has 6 nitrogen and oxygen atoms in total. The molecule has 6 heteroatoms. The third-order valence-electron chi connectivity index (χ3n) is 2.20. The Bertz CT molecular complexity index is 444. The predicted molar refractivity (Wildman–Crippen MR) is 62.2 cm³/mol. The van der Waals surface area contributed by atoms with E-state index in [0.29, 0.717) is 18.8 Å². The van der Waals surface area contributed by atoms with Gasteiger partial charge in [-0.15, -0.1) is 0 Å². The van der Waals surface area contributed by atoms with Gasteiger partial charge in [0.05, 0.1) is 26.4 Å². The second-order valence-corrected chi connectivity index (χ2v) is 3.36. The van der Waals surface area contributed by atoms with Crippen molar-refractivity contribution in [2.45, 2.75) is 13.5 Å². The molecule has 98 valence electrons. The fourth-order valence-corrected chi connectivity index (χ4v) is 1.33. The maximum absolute atomic E-state index is 11.6. The van der Waals surface area contributed by atoms with Crippen LogP contribution in [0.15, 0.2) is 12.3 Å². The largest absolute Gasteiger partial charge is 0.465 e. The summed E-state index contributed by atoms with van der Waals surface area (Å²) in [7, 11) is 2.46. The van der Waals surface area contributed by atoms with Crippen LogP contribution in [-0.2, 0) is 20.8 Å².